The first-order chi connectivity index (χ1) is 7.68. The van der Waals surface area contributed by atoms with Crippen LogP contribution >= 0.6 is 0 Å². The molecule has 0 radical (unpaired) electrons. The SMILES string of the molecule is CC(=CON1CCCC(C)(C)C1(C)C)C(=O)O. The maximum atomic E-state index is 10.7. The number of carbonyl (C=O) groups is 1. The molecule has 1 saturated heterocycles. The summed E-state index contributed by atoms with van der Waals surface area (Å²) in [7, 11) is 0. The number of piperidine rings is 1. The molecule has 0 aromatic carbocycles. The van der Waals surface area contributed by atoms with Gasteiger partial charge in [-0.05, 0) is 39.0 Å². The Labute approximate surface area is 103 Å². The highest BCUT2D eigenvalue weighted by atomic mass is 16.7. The largest absolute Gasteiger partial charge is 0.478 e. The van der Waals surface area contributed by atoms with Crippen molar-refractivity contribution in [3.8, 4) is 0 Å². The van der Waals surface area contributed by atoms with Crippen LogP contribution in [0.1, 0.15) is 47.5 Å². The minimum Gasteiger partial charge on any atom is -0.478 e. The van der Waals surface area contributed by atoms with Gasteiger partial charge in [0.05, 0.1) is 11.1 Å². The molecule has 0 aromatic rings. The summed E-state index contributed by atoms with van der Waals surface area (Å²) in [5, 5.41) is 10.7. The van der Waals surface area contributed by atoms with Crippen molar-refractivity contribution in [3.05, 3.63) is 11.8 Å². The zero-order valence-electron chi connectivity index (χ0n) is 11.4. The summed E-state index contributed by atoms with van der Waals surface area (Å²) in [4.78, 5) is 16.2. The van der Waals surface area contributed by atoms with Gasteiger partial charge < -0.3 is 9.94 Å². The minimum absolute atomic E-state index is 0.111. The third-order valence-electron chi connectivity index (χ3n) is 4.14. The number of hydroxylamine groups is 2. The van der Waals surface area contributed by atoms with Gasteiger partial charge in [-0.2, -0.15) is 0 Å². The molecule has 1 fully saturated rings. The Hall–Kier alpha value is -1.03. The molecule has 0 amide bonds. The van der Waals surface area contributed by atoms with Crippen molar-refractivity contribution < 1.29 is 14.7 Å². The Morgan fingerprint density at radius 3 is 2.47 bits per heavy atom. The van der Waals surface area contributed by atoms with Crippen LogP contribution in [0.3, 0.4) is 0 Å². The molecule has 1 aliphatic rings. The lowest BCUT2D eigenvalue weighted by Gasteiger charge is -2.51. The quantitative estimate of drug-likeness (QED) is 0.609. The fraction of sp³-hybridized carbons (Fsp3) is 0.769. The van der Waals surface area contributed by atoms with E-state index in [0.717, 1.165) is 19.4 Å². The predicted molar refractivity (Wildman–Crippen MR) is 66.3 cm³/mol. The predicted octanol–water partition coefficient (Wildman–Crippen LogP) is 2.81. The maximum absolute atomic E-state index is 10.7. The number of rotatable bonds is 3. The number of aliphatic carboxylic acids is 1. The van der Waals surface area contributed by atoms with Crippen LogP contribution in [0.15, 0.2) is 11.8 Å². The van der Waals surface area contributed by atoms with E-state index in [0.29, 0.717) is 0 Å². The summed E-state index contributed by atoms with van der Waals surface area (Å²) in [5.74, 6) is -0.945. The van der Waals surface area contributed by atoms with Gasteiger partial charge >= 0.3 is 5.97 Å². The molecular formula is C13H23NO3. The number of hydrogen-bond donors (Lipinski definition) is 1. The topological polar surface area (TPSA) is 49.8 Å². The van der Waals surface area contributed by atoms with Crippen molar-refractivity contribution in [1.29, 1.82) is 0 Å². The van der Waals surface area contributed by atoms with Crippen LogP contribution in [0.25, 0.3) is 0 Å². The molecule has 17 heavy (non-hydrogen) atoms. The molecule has 1 heterocycles. The van der Waals surface area contributed by atoms with E-state index in [1.54, 1.807) is 0 Å². The van der Waals surface area contributed by atoms with Crippen LogP contribution in [-0.4, -0.2) is 28.2 Å². The highest BCUT2D eigenvalue weighted by Gasteiger charge is 2.45. The molecule has 1 aliphatic heterocycles. The second-order valence-electron chi connectivity index (χ2n) is 5.86. The smallest absolute Gasteiger partial charge is 0.334 e. The second-order valence-corrected chi connectivity index (χ2v) is 5.86. The minimum atomic E-state index is -0.945. The molecule has 1 N–H and O–H groups in total. The van der Waals surface area contributed by atoms with Crippen LogP contribution in [0.2, 0.25) is 0 Å². The Bertz CT molecular complexity index is 332. The number of carboxylic acids is 1. The van der Waals surface area contributed by atoms with Crippen molar-refractivity contribution in [2.75, 3.05) is 6.54 Å². The molecule has 0 atom stereocenters. The van der Waals surface area contributed by atoms with Crippen LogP contribution in [0.4, 0.5) is 0 Å². The lowest BCUT2D eigenvalue weighted by molar-refractivity contribution is -0.223. The van der Waals surface area contributed by atoms with Crippen molar-refractivity contribution >= 4 is 5.97 Å². The summed E-state index contributed by atoms with van der Waals surface area (Å²) in [6, 6.07) is 0. The Morgan fingerprint density at radius 1 is 1.35 bits per heavy atom. The second kappa shape index (κ2) is 4.69. The van der Waals surface area contributed by atoms with Crippen molar-refractivity contribution in [3.63, 3.8) is 0 Å². The van der Waals surface area contributed by atoms with Crippen LogP contribution in [0, 0.1) is 5.41 Å². The maximum Gasteiger partial charge on any atom is 0.334 e. The molecule has 1 rings (SSSR count). The fourth-order valence-electron chi connectivity index (χ4n) is 1.97. The van der Waals surface area contributed by atoms with Gasteiger partial charge in [-0.3, -0.25) is 0 Å². The van der Waals surface area contributed by atoms with Crippen LogP contribution < -0.4 is 0 Å². The van der Waals surface area contributed by atoms with E-state index >= 15 is 0 Å². The Balaban J connectivity index is 2.78. The van der Waals surface area contributed by atoms with Gasteiger partial charge in [0.25, 0.3) is 0 Å². The molecule has 0 aliphatic carbocycles. The Morgan fingerprint density at radius 2 is 1.94 bits per heavy atom. The first-order valence-electron chi connectivity index (χ1n) is 6.03. The molecule has 0 bridgehead atoms. The third-order valence-corrected chi connectivity index (χ3v) is 4.14. The van der Waals surface area contributed by atoms with Gasteiger partial charge in [-0.15, -0.1) is 5.06 Å². The van der Waals surface area contributed by atoms with E-state index in [1.165, 1.54) is 13.2 Å². The normalized spacial score (nSPS) is 24.4. The van der Waals surface area contributed by atoms with E-state index < -0.39 is 5.97 Å². The summed E-state index contributed by atoms with van der Waals surface area (Å²) < 4.78 is 0. The van der Waals surface area contributed by atoms with Gasteiger partial charge in [0, 0.05) is 6.54 Å². The molecule has 98 valence electrons. The van der Waals surface area contributed by atoms with E-state index in [2.05, 4.69) is 27.7 Å². The molecule has 4 nitrogen and oxygen atoms in total. The Kier molecular flexibility index (Phi) is 3.87. The summed E-state index contributed by atoms with van der Waals surface area (Å²) in [6.07, 6.45) is 3.54. The van der Waals surface area contributed by atoms with E-state index in [-0.39, 0.29) is 16.5 Å². The van der Waals surface area contributed by atoms with Crippen LogP contribution in [-0.2, 0) is 9.63 Å². The number of nitrogens with zero attached hydrogens (tertiary/aromatic N) is 1. The van der Waals surface area contributed by atoms with Crippen molar-refractivity contribution in [2.45, 2.75) is 53.0 Å². The average Bonchev–Trinajstić information content (AvgIpc) is 2.19. The zero-order valence-corrected chi connectivity index (χ0v) is 11.4. The van der Waals surface area contributed by atoms with Crippen molar-refractivity contribution in [2.24, 2.45) is 5.41 Å². The third kappa shape index (κ3) is 2.80. The number of carboxylic acid groups (broad SMARTS) is 1. The standard InChI is InChI=1S/C13H23NO3/c1-10(11(15)16)9-17-14-8-6-7-12(2,3)13(14,4)5/h9H,6-8H2,1-5H3,(H,15,16). The molecule has 0 saturated carbocycles. The van der Waals surface area contributed by atoms with E-state index in [1.807, 2.05) is 5.06 Å². The monoisotopic (exact) mass is 241 g/mol. The van der Waals surface area contributed by atoms with Crippen LogP contribution in [0.5, 0.6) is 0 Å². The van der Waals surface area contributed by atoms with E-state index in [9.17, 15) is 4.79 Å². The lowest BCUT2D eigenvalue weighted by Crippen LogP contribution is -2.56. The average molecular weight is 241 g/mol. The summed E-state index contributed by atoms with van der Waals surface area (Å²) in [6.45, 7) is 11.1. The summed E-state index contributed by atoms with van der Waals surface area (Å²) in [5.41, 5.74) is 0.251. The van der Waals surface area contributed by atoms with E-state index in [4.69, 9.17) is 9.94 Å². The molecule has 0 aromatic heterocycles. The van der Waals surface area contributed by atoms with Gasteiger partial charge in [-0.1, -0.05) is 13.8 Å². The lowest BCUT2D eigenvalue weighted by atomic mass is 9.69. The molecule has 0 spiro atoms. The van der Waals surface area contributed by atoms with Gasteiger partial charge in [0.15, 0.2) is 0 Å². The molecule has 0 unspecified atom stereocenters. The zero-order chi connectivity index (χ0) is 13.3. The summed E-state index contributed by atoms with van der Waals surface area (Å²) >= 11 is 0. The number of hydrogen-bond acceptors (Lipinski definition) is 3. The molecule has 4 heteroatoms. The molecular weight excluding hydrogens is 218 g/mol. The first-order valence-corrected chi connectivity index (χ1v) is 6.03. The highest BCUT2D eigenvalue weighted by Crippen LogP contribution is 2.43. The highest BCUT2D eigenvalue weighted by molar-refractivity contribution is 5.85. The van der Waals surface area contributed by atoms with Gasteiger partial charge in [-0.25, -0.2) is 4.79 Å². The van der Waals surface area contributed by atoms with Gasteiger partial charge in [0.2, 0.25) is 0 Å². The van der Waals surface area contributed by atoms with Gasteiger partial charge in [0.1, 0.15) is 6.26 Å². The fourth-order valence-corrected chi connectivity index (χ4v) is 1.97. The van der Waals surface area contributed by atoms with Crippen molar-refractivity contribution in [1.82, 2.24) is 5.06 Å². The first kappa shape index (κ1) is 14.0.